The molecule has 2 N–H and O–H groups in total. The maximum absolute atomic E-state index is 14.8. The average molecular weight is 448 g/mol. The lowest BCUT2D eigenvalue weighted by atomic mass is 9.84. The Hall–Kier alpha value is -3.01. The molecule has 2 atom stereocenters. The lowest BCUT2D eigenvalue weighted by Crippen LogP contribution is -2.62. The second kappa shape index (κ2) is 7.30. The van der Waals surface area contributed by atoms with Crippen LogP contribution in [0.3, 0.4) is 0 Å². The van der Waals surface area contributed by atoms with Gasteiger partial charge in [0.15, 0.2) is 0 Å². The highest BCUT2D eigenvalue weighted by molar-refractivity contribution is 7.90. The van der Waals surface area contributed by atoms with Gasteiger partial charge in [-0.05, 0) is 49.2 Å². The minimum absolute atomic E-state index is 0.166. The van der Waals surface area contributed by atoms with Crippen molar-refractivity contribution in [2.24, 2.45) is 0 Å². The van der Waals surface area contributed by atoms with E-state index in [1.54, 1.807) is 24.4 Å². The Bertz CT molecular complexity index is 1290. The molecule has 31 heavy (non-hydrogen) atoms. The maximum Gasteiger partial charge on any atom is 0.246 e. The number of rotatable bonds is 4. The van der Waals surface area contributed by atoms with Gasteiger partial charge in [-0.25, -0.2) is 21.5 Å². The van der Waals surface area contributed by atoms with Crippen LogP contribution in [0.15, 0.2) is 42.6 Å². The van der Waals surface area contributed by atoms with Gasteiger partial charge in [0.2, 0.25) is 16.0 Å². The van der Waals surface area contributed by atoms with Crippen LogP contribution in [0.4, 0.5) is 8.78 Å². The third kappa shape index (κ3) is 3.25. The number of hydrogen-bond donors (Lipinski definition) is 2. The van der Waals surface area contributed by atoms with Crippen molar-refractivity contribution in [1.29, 1.82) is 5.41 Å². The first-order valence-corrected chi connectivity index (χ1v) is 11.4. The molecule has 4 rings (SSSR count). The molecular weight excluding hydrogens is 424 g/mol. The second-order valence-electron chi connectivity index (χ2n) is 7.88. The number of sulfonamides is 1. The summed E-state index contributed by atoms with van der Waals surface area (Å²) in [5.74, 6) is -1.87. The maximum atomic E-state index is 14.8. The molecule has 2 heterocycles. The van der Waals surface area contributed by atoms with Gasteiger partial charge in [0.1, 0.15) is 16.9 Å². The Labute approximate surface area is 179 Å². The van der Waals surface area contributed by atoms with Crippen LogP contribution in [0.1, 0.15) is 36.6 Å². The number of guanidine groups is 1. The summed E-state index contributed by atoms with van der Waals surface area (Å²) in [6.45, 7) is 4.23. The molecular formula is C21H23F2N5O2S. The van der Waals surface area contributed by atoms with Crippen molar-refractivity contribution >= 4 is 26.9 Å². The zero-order chi connectivity index (χ0) is 22.6. The van der Waals surface area contributed by atoms with E-state index in [4.69, 9.17) is 5.41 Å². The largest absolute Gasteiger partial charge is 0.345 e. The molecule has 10 heteroatoms. The van der Waals surface area contributed by atoms with Crippen molar-refractivity contribution < 1.29 is 17.2 Å². The first kappa shape index (κ1) is 21.2. The zero-order valence-electron chi connectivity index (χ0n) is 17.4. The van der Waals surface area contributed by atoms with E-state index in [1.165, 1.54) is 14.0 Å². The quantitative estimate of drug-likeness (QED) is 0.641. The van der Waals surface area contributed by atoms with Crippen molar-refractivity contribution in [3.63, 3.8) is 0 Å². The van der Waals surface area contributed by atoms with Crippen LogP contribution in [0.5, 0.6) is 0 Å². The molecule has 0 bridgehead atoms. The van der Waals surface area contributed by atoms with E-state index in [-0.39, 0.29) is 5.56 Å². The molecule has 1 saturated heterocycles. The van der Waals surface area contributed by atoms with E-state index >= 15 is 0 Å². The summed E-state index contributed by atoms with van der Waals surface area (Å²) in [4.78, 5) is 0. The molecule has 1 aromatic heterocycles. The molecule has 1 aliphatic heterocycles. The second-order valence-corrected chi connectivity index (χ2v) is 9.93. The Morgan fingerprint density at radius 3 is 2.68 bits per heavy atom. The molecule has 164 valence electrons. The molecule has 0 amide bonds. The lowest BCUT2D eigenvalue weighted by molar-refractivity contribution is 0.343. The third-order valence-corrected chi connectivity index (χ3v) is 8.07. The molecule has 7 nitrogen and oxygen atoms in total. The Morgan fingerprint density at radius 2 is 1.97 bits per heavy atom. The predicted molar refractivity (Wildman–Crippen MR) is 114 cm³/mol. The molecule has 1 fully saturated rings. The van der Waals surface area contributed by atoms with E-state index in [0.29, 0.717) is 5.56 Å². The Kier molecular flexibility index (Phi) is 5.00. The summed E-state index contributed by atoms with van der Waals surface area (Å²) in [5, 5.41) is 14.7. The lowest BCUT2D eigenvalue weighted by Gasteiger charge is -2.46. The van der Waals surface area contributed by atoms with E-state index in [0.717, 1.165) is 46.4 Å². The smallest absolute Gasteiger partial charge is 0.246 e. The zero-order valence-corrected chi connectivity index (χ0v) is 18.2. The summed E-state index contributed by atoms with van der Waals surface area (Å²) in [5.41, 5.74) is -0.546. The van der Waals surface area contributed by atoms with E-state index in [1.807, 2.05) is 11.6 Å². The van der Waals surface area contributed by atoms with Crippen LogP contribution in [0.25, 0.3) is 10.9 Å². The van der Waals surface area contributed by atoms with E-state index in [9.17, 15) is 17.2 Å². The van der Waals surface area contributed by atoms with Gasteiger partial charge in [0.25, 0.3) is 0 Å². The van der Waals surface area contributed by atoms with Gasteiger partial charge >= 0.3 is 0 Å². The van der Waals surface area contributed by atoms with Crippen LogP contribution in [-0.4, -0.2) is 35.5 Å². The summed E-state index contributed by atoms with van der Waals surface area (Å²) in [7, 11) is -2.87. The molecule has 3 aromatic rings. The fourth-order valence-corrected chi connectivity index (χ4v) is 6.13. The van der Waals surface area contributed by atoms with Crippen LogP contribution < -0.4 is 5.32 Å². The number of halogens is 2. The molecule has 1 aliphatic rings. The third-order valence-electron chi connectivity index (χ3n) is 5.79. The van der Waals surface area contributed by atoms with Crippen LogP contribution in [0, 0.1) is 17.0 Å². The SMILES string of the molecule is CCCn1ncc2cc([C@@H]3[C@@](C)(c4cc(F)ccc4F)NC(=N)N(C)S3(=O)=O)ccc21. The first-order chi connectivity index (χ1) is 14.6. The highest BCUT2D eigenvalue weighted by Crippen LogP contribution is 2.46. The van der Waals surface area contributed by atoms with Crippen LogP contribution >= 0.6 is 0 Å². The van der Waals surface area contributed by atoms with Crippen molar-refractivity contribution in [2.45, 2.75) is 37.6 Å². The standard InChI is InChI=1S/C21H23F2N5O2S/c1-4-9-28-18-8-5-13(10-14(18)12-25-28)19-21(2,16-11-15(22)6-7-17(16)23)26-20(24)27(3)31(19,29)30/h5-8,10-12,19H,4,9H2,1-3H3,(H2,24,26)/t19-,21-/m1/s1. The van der Waals surface area contributed by atoms with Crippen molar-refractivity contribution in [3.8, 4) is 0 Å². The molecule has 0 unspecified atom stereocenters. The number of fused-ring (bicyclic) bond motifs is 1. The molecule has 0 spiro atoms. The number of aryl methyl sites for hydroxylation is 1. The fourth-order valence-electron chi connectivity index (χ4n) is 4.24. The van der Waals surface area contributed by atoms with Crippen molar-refractivity contribution in [3.05, 3.63) is 65.4 Å². The Morgan fingerprint density at radius 1 is 1.23 bits per heavy atom. The molecule has 2 aromatic carbocycles. The van der Waals surface area contributed by atoms with Crippen LogP contribution in [-0.2, 0) is 22.1 Å². The van der Waals surface area contributed by atoms with E-state index in [2.05, 4.69) is 10.4 Å². The summed E-state index contributed by atoms with van der Waals surface area (Å²) in [6.07, 6.45) is 2.55. The first-order valence-electron chi connectivity index (χ1n) is 9.85. The topological polar surface area (TPSA) is 91.1 Å². The molecule has 0 aliphatic carbocycles. The average Bonchev–Trinajstić information content (AvgIpc) is 3.10. The normalized spacial score (nSPS) is 23.2. The van der Waals surface area contributed by atoms with Crippen molar-refractivity contribution in [2.75, 3.05) is 7.05 Å². The van der Waals surface area contributed by atoms with Gasteiger partial charge in [-0.2, -0.15) is 5.10 Å². The molecule has 0 radical (unpaired) electrons. The minimum atomic E-state index is -4.13. The fraction of sp³-hybridized carbons (Fsp3) is 0.333. The van der Waals surface area contributed by atoms with Gasteiger partial charge in [-0.3, -0.25) is 10.1 Å². The van der Waals surface area contributed by atoms with E-state index < -0.39 is 38.4 Å². The number of nitrogens with zero attached hydrogens (tertiary/aromatic N) is 3. The summed E-state index contributed by atoms with van der Waals surface area (Å²) >= 11 is 0. The van der Waals surface area contributed by atoms with Gasteiger partial charge in [-0.1, -0.05) is 13.0 Å². The monoisotopic (exact) mass is 447 g/mol. The van der Waals surface area contributed by atoms with Gasteiger partial charge in [-0.15, -0.1) is 0 Å². The highest BCUT2D eigenvalue weighted by Gasteiger charge is 2.53. The van der Waals surface area contributed by atoms with Gasteiger partial charge in [0.05, 0.1) is 17.3 Å². The van der Waals surface area contributed by atoms with Crippen LogP contribution in [0.2, 0.25) is 0 Å². The Balaban J connectivity index is 1.95. The number of benzene rings is 2. The molecule has 0 saturated carbocycles. The number of aromatic nitrogens is 2. The van der Waals surface area contributed by atoms with Gasteiger partial charge in [0, 0.05) is 24.5 Å². The van der Waals surface area contributed by atoms with Crippen molar-refractivity contribution in [1.82, 2.24) is 19.4 Å². The number of hydrogen-bond acceptors (Lipinski definition) is 4. The summed E-state index contributed by atoms with van der Waals surface area (Å²) in [6, 6.07) is 8.06. The number of nitrogens with one attached hydrogen (secondary N) is 2. The van der Waals surface area contributed by atoms with Gasteiger partial charge < -0.3 is 5.32 Å². The predicted octanol–water partition coefficient (Wildman–Crippen LogP) is 3.48. The summed E-state index contributed by atoms with van der Waals surface area (Å²) < 4.78 is 58.4. The minimum Gasteiger partial charge on any atom is -0.345 e. The highest BCUT2D eigenvalue weighted by atomic mass is 32.2.